The average molecular weight is 390 g/mol. The van der Waals surface area contributed by atoms with Gasteiger partial charge in [-0.15, -0.1) is 0 Å². The highest BCUT2D eigenvalue weighted by atomic mass is 127. The van der Waals surface area contributed by atoms with E-state index in [1.807, 2.05) is 24.7 Å². The van der Waals surface area contributed by atoms with Crippen LogP contribution in [0.1, 0.15) is 0 Å². The van der Waals surface area contributed by atoms with Crippen LogP contribution in [0.15, 0.2) is 24.7 Å². The third-order valence-electron chi connectivity index (χ3n) is 2.63. The van der Waals surface area contributed by atoms with Crippen molar-refractivity contribution in [3.05, 3.63) is 28.2 Å². The summed E-state index contributed by atoms with van der Waals surface area (Å²) in [6, 6.07) is 3.11. The van der Waals surface area contributed by atoms with Crippen molar-refractivity contribution >= 4 is 30.7 Å². The molecule has 0 fully saturated rings. The topological polar surface area (TPSA) is 44.9 Å². The first kappa shape index (κ1) is 14.7. The maximum absolute atomic E-state index is 5.65. The molecule has 0 saturated heterocycles. The average Bonchev–Trinajstić information content (AvgIpc) is 2.92. The molecule has 7 heteroatoms. The molecule has 2 rings (SSSR count). The lowest BCUT2D eigenvalue weighted by atomic mass is 10.6. The Bertz CT molecular complexity index is 532. The van der Waals surface area contributed by atoms with E-state index in [-0.39, 0.29) is 0 Å². The quantitative estimate of drug-likeness (QED) is 0.433. The van der Waals surface area contributed by atoms with Gasteiger partial charge in [0.1, 0.15) is 6.73 Å². The lowest BCUT2D eigenvalue weighted by Crippen LogP contribution is -2.22. The van der Waals surface area contributed by atoms with Crippen molar-refractivity contribution in [2.45, 2.75) is 32.4 Å². The van der Waals surface area contributed by atoms with Crippen LogP contribution < -0.4 is 0 Å². The lowest BCUT2D eigenvalue weighted by molar-refractivity contribution is 0.0785. The summed E-state index contributed by atoms with van der Waals surface area (Å²) in [5.74, 6) is 0.816. The van der Waals surface area contributed by atoms with Gasteiger partial charge < -0.3 is 4.74 Å². The van der Waals surface area contributed by atoms with Crippen molar-refractivity contribution in [3.63, 3.8) is 0 Å². The summed E-state index contributed by atoms with van der Waals surface area (Å²) in [4.78, 5) is 0. The van der Waals surface area contributed by atoms with Crippen LogP contribution >= 0.6 is 22.6 Å². The number of ether oxygens (including phenoxy) is 1. The normalized spacial score (nSPS) is 12.0. The highest BCUT2D eigenvalue weighted by Gasteiger charge is 2.12. The van der Waals surface area contributed by atoms with Crippen LogP contribution in [-0.2, 0) is 11.5 Å². The fourth-order valence-electron chi connectivity index (χ4n) is 1.51. The summed E-state index contributed by atoms with van der Waals surface area (Å²) in [5, 5.41) is 8.65. The molecule has 0 unspecified atom stereocenters. The van der Waals surface area contributed by atoms with Gasteiger partial charge in [-0.1, -0.05) is 19.6 Å². The zero-order valence-electron chi connectivity index (χ0n) is 11.5. The van der Waals surface area contributed by atoms with Crippen molar-refractivity contribution in [1.29, 1.82) is 0 Å². The first-order chi connectivity index (χ1) is 8.94. The van der Waals surface area contributed by atoms with Gasteiger partial charge >= 0.3 is 0 Å². The Labute approximate surface area is 128 Å². The molecule has 0 aliphatic carbocycles. The molecule has 0 bridgehead atoms. The minimum Gasteiger partial charge on any atom is -0.360 e. The molecule has 2 aromatic rings. The van der Waals surface area contributed by atoms with Crippen LogP contribution in [-0.4, -0.2) is 34.2 Å². The first-order valence-electron chi connectivity index (χ1n) is 6.26. The van der Waals surface area contributed by atoms with Gasteiger partial charge in [-0.2, -0.15) is 10.2 Å². The second-order valence-electron chi connectivity index (χ2n) is 5.66. The Morgan fingerprint density at radius 2 is 2.16 bits per heavy atom. The third-order valence-corrected chi connectivity index (χ3v) is 4.89. The molecule has 0 saturated carbocycles. The van der Waals surface area contributed by atoms with E-state index in [1.165, 1.54) is 6.04 Å². The van der Waals surface area contributed by atoms with E-state index in [2.05, 4.69) is 52.4 Å². The molecule has 0 aliphatic heterocycles. The Morgan fingerprint density at radius 3 is 2.79 bits per heavy atom. The molecule has 0 aromatic carbocycles. The smallest absolute Gasteiger partial charge is 0.175 e. The van der Waals surface area contributed by atoms with Gasteiger partial charge in [0.15, 0.2) is 5.82 Å². The monoisotopic (exact) mass is 390 g/mol. The van der Waals surface area contributed by atoms with Gasteiger partial charge in [0.05, 0.1) is 9.77 Å². The SMILES string of the molecule is C[Si](C)(C)CCOCn1ccc(-n2cc(I)cn2)n1. The Morgan fingerprint density at radius 1 is 1.37 bits per heavy atom. The van der Waals surface area contributed by atoms with Gasteiger partial charge in [0.25, 0.3) is 0 Å². The van der Waals surface area contributed by atoms with E-state index in [1.54, 1.807) is 9.36 Å². The Kier molecular flexibility index (Phi) is 4.80. The van der Waals surface area contributed by atoms with Crippen LogP contribution in [0.4, 0.5) is 0 Å². The summed E-state index contributed by atoms with van der Waals surface area (Å²) in [6.45, 7) is 8.36. The van der Waals surface area contributed by atoms with Crippen LogP contribution in [0.2, 0.25) is 25.7 Å². The number of hydrogen-bond acceptors (Lipinski definition) is 3. The summed E-state index contributed by atoms with van der Waals surface area (Å²) in [5.41, 5.74) is 0. The molecule has 104 valence electrons. The molecule has 0 radical (unpaired) electrons. The zero-order valence-corrected chi connectivity index (χ0v) is 14.7. The van der Waals surface area contributed by atoms with Crippen LogP contribution in [0.25, 0.3) is 5.82 Å². The molecule has 0 N–H and O–H groups in total. The number of rotatable bonds is 6. The fraction of sp³-hybridized carbons (Fsp3) is 0.500. The Balaban J connectivity index is 1.85. The predicted molar refractivity (Wildman–Crippen MR) is 86.2 cm³/mol. The van der Waals surface area contributed by atoms with Crippen molar-refractivity contribution in [3.8, 4) is 5.82 Å². The van der Waals surface area contributed by atoms with Crippen LogP contribution in [0.5, 0.6) is 0 Å². The van der Waals surface area contributed by atoms with E-state index >= 15 is 0 Å². The number of halogens is 1. The number of hydrogen-bond donors (Lipinski definition) is 0. The molecule has 2 aromatic heterocycles. The fourth-order valence-corrected chi connectivity index (χ4v) is 2.65. The van der Waals surface area contributed by atoms with Gasteiger partial charge in [-0.3, -0.25) is 0 Å². The van der Waals surface area contributed by atoms with E-state index < -0.39 is 8.07 Å². The minimum absolute atomic E-state index is 0.503. The van der Waals surface area contributed by atoms with Gasteiger partial charge in [-0.05, 0) is 28.6 Å². The third kappa shape index (κ3) is 4.73. The van der Waals surface area contributed by atoms with Crippen molar-refractivity contribution in [1.82, 2.24) is 19.6 Å². The zero-order chi connectivity index (χ0) is 13.9. The minimum atomic E-state index is -1.01. The van der Waals surface area contributed by atoms with Crippen molar-refractivity contribution < 1.29 is 4.74 Å². The molecule has 0 amide bonds. The number of aromatic nitrogens is 4. The van der Waals surface area contributed by atoms with Crippen LogP contribution in [0, 0.1) is 3.57 Å². The molecule has 0 aliphatic rings. The summed E-state index contributed by atoms with van der Waals surface area (Å²) >= 11 is 2.23. The van der Waals surface area contributed by atoms with Crippen LogP contribution in [0.3, 0.4) is 0 Å². The molecular weight excluding hydrogens is 371 g/mol. The molecule has 0 spiro atoms. The van der Waals surface area contributed by atoms with Gasteiger partial charge in [0.2, 0.25) is 0 Å². The standard InChI is InChI=1S/C12H19IN4OSi/c1-19(2,3)7-6-18-10-16-5-4-12(15-16)17-9-11(13)8-14-17/h4-5,8-9H,6-7,10H2,1-3H3. The highest BCUT2D eigenvalue weighted by molar-refractivity contribution is 14.1. The highest BCUT2D eigenvalue weighted by Crippen LogP contribution is 2.09. The second kappa shape index (κ2) is 6.19. The number of nitrogens with zero attached hydrogens (tertiary/aromatic N) is 4. The van der Waals surface area contributed by atoms with Gasteiger partial charge in [0, 0.05) is 33.1 Å². The van der Waals surface area contributed by atoms with Crippen molar-refractivity contribution in [2.24, 2.45) is 0 Å². The molecular formula is C12H19IN4OSi. The molecule has 0 atom stereocenters. The second-order valence-corrected chi connectivity index (χ2v) is 12.5. The van der Waals surface area contributed by atoms with Gasteiger partial charge in [-0.25, -0.2) is 9.36 Å². The predicted octanol–water partition coefficient (Wildman–Crippen LogP) is 2.99. The largest absolute Gasteiger partial charge is 0.360 e. The first-order valence-corrected chi connectivity index (χ1v) is 11.0. The van der Waals surface area contributed by atoms with E-state index in [0.717, 1.165) is 16.0 Å². The molecule has 2 heterocycles. The van der Waals surface area contributed by atoms with E-state index in [4.69, 9.17) is 4.74 Å². The Hall–Kier alpha value is -0.673. The van der Waals surface area contributed by atoms with E-state index in [9.17, 15) is 0 Å². The summed E-state index contributed by atoms with van der Waals surface area (Å²) in [7, 11) is -1.01. The summed E-state index contributed by atoms with van der Waals surface area (Å²) < 4.78 is 10.3. The molecule has 5 nitrogen and oxygen atoms in total. The van der Waals surface area contributed by atoms with Crippen molar-refractivity contribution in [2.75, 3.05) is 6.61 Å². The summed E-state index contributed by atoms with van der Waals surface area (Å²) in [6.07, 6.45) is 5.67. The molecule has 19 heavy (non-hydrogen) atoms. The lowest BCUT2D eigenvalue weighted by Gasteiger charge is -2.15. The maximum Gasteiger partial charge on any atom is 0.175 e. The maximum atomic E-state index is 5.65. The van der Waals surface area contributed by atoms with E-state index in [0.29, 0.717) is 6.73 Å².